The van der Waals surface area contributed by atoms with Crippen LogP contribution in [0.4, 0.5) is 5.69 Å². The van der Waals surface area contributed by atoms with Crippen molar-refractivity contribution in [1.82, 2.24) is 5.01 Å². The number of anilines is 1. The molecule has 0 fully saturated rings. The van der Waals surface area contributed by atoms with Crippen molar-refractivity contribution in [3.8, 4) is 0 Å². The number of carbonyl (C=O) groups is 2. The topological polar surface area (TPSA) is 62.2 Å². The number of rotatable bonds is 4. The molecule has 1 heterocycles. The Morgan fingerprint density at radius 1 is 1.21 bits per heavy atom. The van der Waals surface area contributed by atoms with Crippen molar-refractivity contribution in [2.24, 2.45) is 5.10 Å². The Kier molecular flexibility index (Phi) is 6.70. The zero-order valence-electron chi connectivity index (χ0n) is 15.9. The number of hydrogen-bond acceptors (Lipinski definition) is 4. The van der Waals surface area contributed by atoms with E-state index in [-0.39, 0.29) is 24.3 Å². The summed E-state index contributed by atoms with van der Waals surface area (Å²) in [7, 11) is 0. The lowest BCUT2D eigenvalue weighted by molar-refractivity contribution is -0.135. The third-order valence-electron chi connectivity index (χ3n) is 4.37. The van der Waals surface area contributed by atoms with E-state index in [4.69, 9.17) is 27.9 Å². The van der Waals surface area contributed by atoms with Crippen molar-refractivity contribution in [1.29, 1.82) is 0 Å². The van der Waals surface area contributed by atoms with E-state index < -0.39 is 6.23 Å². The molecular weight excluding hydrogens is 528 g/mol. The summed E-state index contributed by atoms with van der Waals surface area (Å²) in [4.78, 5) is 26.1. The van der Waals surface area contributed by atoms with Crippen molar-refractivity contribution in [2.45, 2.75) is 27.0 Å². The van der Waals surface area contributed by atoms with Gasteiger partial charge >= 0.3 is 0 Å². The van der Waals surface area contributed by atoms with Crippen LogP contribution >= 0.6 is 45.8 Å². The van der Waals surface area contributed by atoms with E-state index >= 15 is 0 Å². The van der Waals surface area contributed by atoms with E-state index in [0.29, 0.717) is 15.6 Å². The largest absolute Gasteiger partial charge is 0.448 e. The number of halogens is 3. The first-order valence-electron chi connectivity index (χ1n) is 8.72. The van der Waals surface area contributed by atoms with Crippen LogP contribution in [0.3, 0.4) is 0 Å². The number of hydrogen-bond donors (Lipinski definition) is 0. The number of carbonyl (C=O) groups excluding carboxylic acids is 2. The monoisotopic (exact) mass is 545 g/mol. The first kappa shape index (κ1) is 21.9. The van der Waals surface area contributed by atoms with E-state index in [1.54, 1.807) is 23.1 Å². The Labute approximate surface area is 192 Å². The molecule has 2 aromatic rings. The molecule has 1 aliphatic heterocycles. The second-order valence-corrected chi connectivity index (χ2v) is 8.62. The predicted molar refractivity (Wildman–Crippen MR) is 122 cm³/mol. The molecule has 6 nitrogen and oxygen atoms in total. The van der Waals surface area contributed by atoms with Gasteiger partial charge in [0.1, 0.15) is 0 Å². The maximum atomic E-state index is 12.4. The molecule has 0 spiro atoms. The van der Waals surface area contributed by atoms with Crippen LogP contribution in [-0.2, 0) is 14.3 Å². The molecule has 29 heavy (non-hydrogen) atoms. The van der Waals surface area contributed by atoms with Gasteiger partial charge in [-0.1, -0.05) is 23.2 Å². The average molecular weight is 546 g/mol. The SMILES string of the molecule is CC(=O)N(CC1OC(c2ccc(Cl)cc2Cl)=NN1C(C)=O)c1ccc(I)cc1C. The standard InChI is InChI=1S/C20H18Cl2IN3O3/c1-11-8-15(23)5-7-18(11)25(12(2)27)10-19-26(13(3)28)24-20(29-19)16-6-4-14(21)9-17(16)22/h4-9,19H,10H2,1-3H3. The minimum atomic E-state index is -0.781. The van der Waals surface area contributed by atoms with Crippen LogP contribution in [0, 0.1) is 10.5 Å². The molecule has 9 heteroatoms. The Bertz CT molecular complexity index is 1010. The Hall–Kier alpha value is -1.84. The molecule has 1 aliphatic rings. The van der Waals surface area contributed by atoms with Crippen LogP contribution in [0.1, 0.15) is 25.0 Å². The van der Waals surface area contributed by atoms with E-state index in [1.165, 1.54) is 18.9 Å². The second-order valence-electron chi connectivity index (χ2n) is 6.53. The van der Waals surface area contributed by atoms with Gasteiger partial charge in [0.15, 0.2) is 0 Å². The number of aryl methyl sites for hydroxylation is 1. The van der Waals surface area contributed by atoms with E-state index in [0.717, 1.165) is 14.8 Å². The number of hydrazone groups is 1. The first-order valence-corrected chi connectivity index (χ1v) is 10.6. The van der Waals surface area contributed by atoms with Crippen molar-refractivity contribution < 1.29 is 14.3 Å². The predicted octanol–water partition coefficient (Wildman–Crippen LogP) is 4.83. The molecule has 0 saturated heterocycles. The Morgan fingerprint density at radius 2 is 1.93 bits per heavy atom. The molecule has 0 saturated carbocycles. The highest BCUT2D eigenvalue weighted by Gasteiger charge is 2.35. The van der Waals surface area contributed by atoms with Gasteiger partial charge in [0, 0.05) is 28.1 Å². The van der Waals surface area contributed by atoms with Crippen molar-refractivity contribution in [3.05, 3.63) is 61.1 Å². The summed E-state index contributed by atoms with van der Waals surface area (Å²) >= 11 is 14.4. The smallest absolute Gasteiger partial charge is 0.243 e. The van der Waals surface area contributed by atoms with Gasteiger partial charge in [-0.05, 0) is 71.5 Å². The van der Waals surface area contributed by atoms with Crippen LogP contribution in [0.2, 0.25) is 10.0 Å². The van der Waals surface area contributed by atoms with Gasteiger partial charge in [-0.25, -0.2) is 0 Å². The van der Waals surface area contributed by atoms with Gasteiger partial charge in [0.2, 0.25) is 23.9 Å². The summed E-state index contributed by atoms with van der Waals surface area (Å²) in [6.45, 7) is 4.92. The fourth-order valence-electron chi connectivity index (χ4n) is 3.01. The van der Waals surface area contributed by atoms with Crippen LogP contribution in [-0.4, -0.2) is 35.5 Å². The molecule has 3 rings (SSSR count). The van der Waals surface area contributed by atoms with Crippen molar-refractivity contribution >= 4 is 69.2 Å². The van der Waals surface area contributed by atoms with Crippen LogP contribution in [0.25, 0.3) is 0 Å². The second kappa shape index (κ2) is 8.89. The maximum Gasteiger partial charge on any atom is 0.243 e. The van der Waals surface area contributed by atoms with E-state index in [2.05, 4.69) is 27.7 Å². The molecule has 2 aromatic carbocycles. The zero-order chi connectivity index (χ0) is 21.3. The fraction of sp³-hybridized carbons (Fsp3) is 0.250. The quantitative estimate of drug-likeness (QED) is 0.517. The highest BCUT2D eigenvalue weighted by Crippen LogP contribution is 2.28. The fourth-order valence-corrected chi connectivity index (χ4v) is 4.14. The molecule has 152 valence electrons. The number of benzene rings is 2. The number of amides is 2. The highest BCUT2D eigenvalue weighted by atomic mass is 127. The molecule has 0 aliphatic carbocycles. The molecule has 0 aromatic heterocycles. The summed E-state index contributed by atoms with van der Waals surface area (Å²) in [6, 6.07) is 10.7. The lowest BCUT2D eigenvalue weighted by Gasteiger charge is -2.28. The normalized spacial score (nSPS) is 15.7. The number of nitrogens with zero attached hydrogens (tertiary/aromatic N) is 3. The summed E-state index contributed by atoms with van der Waals surface area (Å²) in [6.07, 6.45) is -0.781. The number of ether oxygens (including phenoxy) is 1. The summed E-state index contributed by atoms with van der Waals surface area (Å²) in [5.74, 6) is -0.271. The minimum Gasteiger partial charge on any atom is -0.448 e. The molecule has 2 amide bonds. The lowest BCUT2D eigenvalue weighted by atomic mass is 10.1. The maximum absolute atomic E-state index is 12.4. The van der Waals surface area contributed by atoms with Crippen LogP contribution in [0.15, 0.2) is 41.5 Å². The molecule has 1 unspecified atom stereocenters. The zero-order valence-corrected chi connectivity index (χ0v) is 19.6. The Balaban J connectivity index is 1.91. The molecule has 0 N–H and O–H groups in total. The van der Waals surface area contributed by atoms with Gasteiger partial charge in [0.05, 0.1) is 17.1 Å². The van der Waals surface area contributed by atoms with Crippen molar-refractivity contribution in [3.63, 3.8) is 0 Å². The van der Waals surface area contributed by atoms with Crippen LogP contribution < -0.4 is 4.90 Å². The first-order chi connectivity index (χ1) is 13.7. The van der Waals surface area contributed by atoms with Crippen molar-refractivity contribution in [2.75, 3.05) is 11.4 Å². The van der Waals surface area contributed by atoms with E-state index in [9.17, 15) is 9.59 Å². The summed E-state index contributed by atoms with van der Waals surface area (Å²) in [5, 5.41) is 6.34. The molecule has 1 atom stereocenters. The third-order valence-corrected chi connectivity index (χ3v) is 5.59. The molecule has 0 radical (unpaired) electrons. The summed E-state index contributed by atoms with van der Waals surface area (Å²) in [5.41, 5.74) is 2.22. The van der Waals surface area contributed by atoms with Gasteiger partial charge in [-0.2, -0.15) is 5.01 Å². The lowest BCUT2D eigenvalue weighted by Crippen LogP contribution is -2.44. The van der Waals surface area contributed by atoms with Crippen LogP contribution in [0.5, 0.6) is 0 Å². The van der Waals surface area contributed by atoms with Gasteiger partial charge in [0.25, 0.3) is 0 Å². The molecule has 0 bridgehead atoms. The van der Waals surface area contributed by atoms with E-state index in [1.807, 2.05) is 25.1 Å². The summed E-state index contributed by atoms with van der Waals surface area (Å²) < 4.78 is 7.01. The highest BCUT2D eigenvalue weighted by molar-refractivity contribution is 14.1. The van der Waals surface area contributed by atoms with Gasteiger partial charge < -0.3 is 9.64 Å². The average Bonchev–Trinajstić information content (AvgIpc) is 3.04. The van der Waals surface area contributed by atoms with Gasteiger partial charge in [-0.15, -0.1) is 5.10 Å². The Morgan fingerprint density at radius 3 is 2.52 bits per heavy atom. The molecular formula is C20H18Cl2IN3O3. The van der Waals surface area contributed by atoms with Gasteiger partial charge in [-0.3, -0.25) is 9.59 Å². The minimum absolute atomic E-state index is 0.120. The third kappa shape index (κ3) is 4.84.